The predicted octanol–water partition coefficient (Wildman–Crippen LogP) is 0.565. The lowest BCUT2D eigenvalue weighted by atomic mass is 10.1. The number of hydrogen-bond acceptors (Lipinski definition) is 6. The molecule has 0 aromatic rings. The molecule has 0 aromatic heterocycles. The highest BCUT2D eigenvalue weighted by atomic mass is 32.2. The van der Waals surface area contributed by atoms with Crippen molar-refractivity contribution < 1.29 is 14.3 Å². The highest BCUT2D eigenvalue weighted by molar-refractivity contribution is 8.07. The van der Waals surface area contributed by atoms with Gasteiger partial charge in [-0.2, -0.15) is 0 Å². The first-order chi connectivity index (χ1) is 7.15. The fourth-order valence-electron chi connectivity index (χ4n) is 1.95. The second-order valence-corrected chi connectivity index (χ2v) is 5.98. The summed E-state index contributed by atoms with van der Waals surface area (Å²) in [4.78, 5) is 25.0. The normalized spacial score (nSPS) is 31.6. The Morgan fingerprint density at radius 2 is 1.87 bits per heavy atom. The Morgan fingerprint density at radius 3 is 2.20 bits per heavy atom. The number of thioether (sulfide) groups is 2. The van der Waals surface area contributed by atoms with Crippen LogP contribution in [0.4, 0.5) is 0 Å². The van der Waals surface area contributed by atoms with Crippen LogP contribution in [-0.4, -0.2) is 52.1 Å². The molecule has 2 bridgehead atoms. The zero-order valence-electron chi connectivity index (χ0n) is 8.63. The van der Waals surface area contributed by atoms with E-state index < -0.39 is 12.0 Å². The molecule has 0 aliphatic carbocycles. The molecule has 0 spiro atoms. The van der Waals surface area contributed by atoms with Crippen molar-refractivity contribution in [2.75, 3.05) is 18.6 Å². The number of carbonyl (C=O) groups excluding carboxylic acids is 2. The second-order valence-electron chi connectivity index (χ2n) is 3.56. The first kappa shape index (κ1) is 11.3. The van der Waals surface area contributed by atoms with Crippen molar-refractivity contribution in [1.29, 1.82) is 0 Å². The van der Waals surface area contributed by atoms with Gasteiger partial charge in [0.25, 0.3) is 0 Å². The highest BCUT2D eigenvalue weighted by Gasteiger charge is 2.48. The first-order valence-electron chi connectivity index (χ1n) is 4.74. The molecule has 2 rings (SSSR count). The average molecular weight is 247 g/mol. The molecular weight excluding hydrogens is 234 g/mol. The number of Topliss-reactive ketones (excluding diaryl/α,β-unsaturated/α-hetero) is 1. The molecule has 84 valence electrons. The van der Waals surface area contributed by atoms with E-state index in [0.29, 0.717) is 10.7 Å². The highest BCUT2D eigenvalue weighted by Crippen LogP contribution is 2.45. The molecular formula is C9H13NO3S2. The van der Waals surface area contributed by atoms with Crippen LogP contribution in [0.3, 0.4) is 0 Å². The maximum Gasteiger partial charge on any atom is 0.330 e. The summed E-state index contributed by atoms with van der Waals surface area (Å²) in [6.07, 6.45) is 0. The summed E-state index contributed by atoms with van der Waals surface area (Å²) >= 11 is 3.64. The van der Waals surface area contributed by atoms with Gasteiger partial charge in [0.05, 0.1) is 17.9 Å². The van der Waals surface area contributed by atoms with Gasteiger partial charge >= 0.3 is 5.97 Å². The summed E-state index contributed by atoms with van der Waals surface area (Å²) in [6, 6.07) is -0.699. The third-order valence-corrected chi connectivity index (χ3v) is 5.66. The van der Waals surface area contributed by atoms with Crippen molar-refractivity contribution in [3.63, 3.8) is 0 Å². The molecule has 6 heteroatoms. The Hall–Kier alpha value is -0.200. The quantitative estimate of drug-likeness (QED) is 0.536. The van der Waals surface area contributed by atoms with Gasteiger partial charge in [-0.25, -0.2) is 4.79 Å². The summed E-state index contributed by atoms with van der Waals surface area (Å²) in [5.41, 5.74) is 0. The number of ether oxygens (including phenoxy) is 1. The Morgan fingerprint density at radius 1 is 1.33 bits per heavy atom. The van der Waals surface area contributed by atoms with E-state index in [0.717, 1.165) is 11.5 Å². The number of hydrogen-bond donors (Lipinski definition) is 0. The number of carbonyl (C=O) groups is 2. The van der Waals surface area contributed by atoms with Crippen molar-refractivity contribution in [3.05, 3.63) is 0 Å². The van der Waals surface area contributed by atoms with E-state index in [4.69, 9.17) is 4.74 Å². The van der Waals surface area contributed by atoms with Crippen LogP contribution in [-0.2, 0) is 14.3 Å². The molecule has 0 radical (unpaired) electrons. The standard InChI is InChI=1S/C9H13NO3S2/c1-5(11)8(9(12)13-2)10-6-3-14-7(10)4-15-6/h6-8H,3-4H2,1-2H3. The summed E-state index contributed by atoms with van der Waals surface area (Å²) < 4.78 is 4.69. The average Bonchev–Trinajstić information content (AvgIpc) is 2.78. The number of ketones is 1. The van der Waals surface area contributed by atoms with E-state index in [1.807, 2.05) is 28.4 Å². The van der Waals surface area contributed by atoms with E-state index in [-0.39, 0.29) is 5.78 Å². The van der Waals surface area contributed by atoms with Crippen LogP contribution < -0.4 is 0 Å². The summed E-state index contributed by atoms with van der Waals surface area (Å²) in [5, 5.41) is 0.598. The maximum atomic E-state index is 11.6. The third-order valence-electron chi connectivity index (χ3n) is 2.64. The second kappa shape index (κ2) is 4.35. The first-order valence-corrected chi connectivity index (χ1v) is 6.84. The lowest BCUT2D eigenvalue weighted by molar-refractivity contribution is -0.150. The van der Waals surface area contributed by atoms with Crippen molar-refractivity contribution >= 4 is 35.3 Å². The molecule has 2 heterocycles. The van der Waals surface area contributed by atoms with Gasteiger partial charge in [-0.1, -0.05) is 0 Å². The van der Waals surface area contributed by atoms with Crippen LogP contribution in [0.5, 0.6) is 0 Å². The van der Waals surface area contributed by atoms with Gasteiger partial charge in [-0.05, 0) is 6.92 Å². The van der Waals surface area contributed by atoms with E-state index in [1.54, 1.807) is 0 Å². The van der Waals surface area contributed by atoms with Gasteiger partial charge in [-0.3, -0.25) is 9.69 Å². The molecule has 2 aliphatic rings. The molecule has 2 fully saturated rings. The largest absolute Gasteiger partial charge is 0.468 e. The van der Waals surface area contributed by atoms with Gasteiger partial charge in [0.15, 0.2) is 11.8 Å². The van der Waals surface area contributed by atoms with E-state index in [1.165, 1.54) is 14.0 Å². The lowest BCUT2D eigenvalue weighted by Crippen LogP contribution is -2.49. The minimum absolute atomic E-state index is 0.123. The Kier molecular flexibility index (Phi) is 3.27. The number of fused-ring (bicyclic) bond motifs is 2. The Labute approximate surface area is 97.1 Å². The molecule has 4 nitrogen and oxygen atoms in total. The number of esters is 1. The molecule has 0 saturated carbocycles. The summed E-state index contributed by atoms with van der Waals surface area (Å²) in [5.74, 6) is 1.44. The number of nitrogens with zero attached hydrogens (tertiary/aromatic N) is 1. The SMILES string of the molecule is COC(=O)C(C(C)=O)N1C2CSC1CS2. The van der Waals surface area contributed by atoms with Crippen LogP contribution in [0.1, 0.15) is 6.92 Å². The summed E-state index contributed by atoms with van der Waals surface area (Å²) in [6.45, 7) is 1.45. The van der Waals surface area contributed by atoms with Crippen LogP contribution in [0.2, 0.25) is 0 Å². The van der Waals surface area contributed by atoms with Gasteiger partial charge in [0.2, 0.25) is 0 Å². The Balaban J connectivity index is 2.18. The van der Waals surface area contributed by atoms with Gasteiger partial charge in [0, 0.05) is 11.5 Å². The molecule has 15 heavy (non-hydrogen) atoms. The minimum atomic E-state index is -0.699. The van der Waals surface area contributed by atoms with Crippen molar-refractivity contribution in [1.82, 2.24) is 4.90 Å². The van der Waals surface area contributed by atoms with Gasteiger partial charge in [-0.15, -0.1) is 23.5 Å². The smallest absolute Gasteiger partial charge is 0.330 e. The predicted molar refractivity (Wildman–Crippen MR) is 60.8 cm³/mol. The van der Waals surface area contributed by atoms with Crippen molar-refractivity contribution in [3.8, 4) is 0 Å². The summed E-state index contributed by atoms with van der Waals surface area (Å²) in [7, 11) is 1.33. The molecule has 0 aromatic carbocycles. The topological polar surface area (TPSA) is 46.6 Å². The van der Waals surface area contributed by atoms with Crippen LogP contribution in [0.25, 0.3) is 0 Å². The molecule has 0 amide bonds. The third kappa shape index (κ3) is 1.90. The van der Waals surface area contributed by atoms with Gasteiger partial charge < -0.3 is 4.74 Å². The van der Waals surface area contributed by atoms with Crippen LogP contribution in [0.15, 0.2) is 0 Å². The number of rotatable bonds is 3. The monoisotopic (exact) mass is 247 g/mol. The van der Waals surface area contributed by atoms with E-state index in [2.05, 4.69) is 0 Å². The molecule has 3 unspecified atom stereocenters. The van der Waals surface area contributed by atoms with Gasteiger partial charge in [0.1, 0.15) is 0 Å². The van der Waals surface area contributed by atoms with Crippen molar-refractivity contribution in [2.24, 2.45) is 0 Å². The number of methoxy groups -OCH3 is 1. The molecule has 2 saturated heterocycles. The molecule has 0 N–H and O–H groups in total. The zero-order chi connectivity index (χ0) is 11.0. The van der Waals surface area contributed by atoms with Crippen LogP contribution >= 0.6 is 23.5 Å². The molecule has 2 aliphatic heterocycles. The maximum absolute atomic E-state index is 11.6. The van der Waals surface area contributed by atoms with E-state index >= 15 is 0 Å². The fraction of sp³-hybridized carbons (Fsp3) is 0.778. The lowest BCUT2D eigenvalue weighted by Gasteiger charge is -2.26. The van der Waals surface area contributed by atoms with Crippen LogP contribution in [0, 0.1) is 0 Å². The van der Waals surface area contributed by atoms with Crippen molar-refractivity contribution in [2.45, 2.75) is 23.7 Å². The zero-order valence-corrected chi connectivity index (χ0v) is 10.3. The van der Waals surface area contributed by atoms with E-state index in [9.17, 15) is 9.59 Å². The fourth-order valence-corrected chi connectivity index (χ4v) is 5.27. The molecule has 3 atom stereocenters. The Bertz CT molecular complexity index is 277. The minimum Gasteiger partial charge on any atom is -0.468 e.